The molecule has 0 aliphatic carbocycles. The van der Waals surface area contributed by atoms with Gasteiger partial charge in [0.1, 0.15) is 0 Å². The highest BCUT2D eigenvalue weighted by Crippen LogP contribution is 1.98. The van der Waals surface area contributed by atoms with Crippen molar-refractivity contribution in [2.24, 2.45) is 0 Å². The smallest absolute Gasteiger partial charge is 0.335 e. The van der Waals surface area contributed by atoms with Crippen LogP contribution in [0.2, 0.25) is 0 Å². The molecular weight excluding hydrogens is 488 g/mol. The summed E-state index contributed by atoms with van der Waals surface area (Å²) >= 11 is 0. The minimum absolute atomic E-state index is 0.331. The first-order chi connectivity index (χ1) is 18.2. The Labute approximate surface area is 220 Å². The van der Waals surface area contributed by atoms with Crippen LogP contribution in [0.15, 0.2) is 134 Å². The molecule has 8 heteroatoms. The maximum Gasteiger partial charge on any atom is 0.335 e. The maximum absolute atomic E-state index is 10.2. The Morgan fingerprint density at radius 1 is 0.342 bits per heavy atom. The van der Waals surface area contributed by atoms with Gasteiger partial charge in [-0.25, -0.2) is 19.2 Å². The number of carboxylic acid groups (broad SMARTS) is 4. The van der Waals surface area contributed by atoms with Crippen molar-refractivity contribution < 1.29 is 39.6 Å². The lowest BCUT2D eigenvalue weighted by Crippen LogP contribution is -1.93. The van der Waals surface area contributed by atoms with E-state index in [2.05, 4.69) is 13.2 Å². The van der Waals surface area contributed by atoms with Crippen LogP contribution in [0.3, 0.4) is 0 Å². The highest BCUT2D eigenvalue weighted by molar-refractivity contribution is 5.88. The highest BCUT2D eigenvalue weighted by atomic mass is 16.4. The fourth-order valence-electron chi connectivity index (χ4n) is 2.32. The van der Waals surface area contributed by atoms with Gasteiger partial charge in [0.15, 0.2) is 0 Å². The molecule has 38 heavy (non-hydrogen) atoms. The van der Waals surface area contributed by atoms with Crippen molar-refractivity contribution >= 4 is 23.9 Å². The third kappa shape index (κ3) is 14.7. The van der Waals surface area contributed by atoms with E-state index in [1.165, 1.54) is 0 Å². The van der Waals surface area contributed by atoms with Gasteiger partial charge in [0.25, 0.3) is 0 Å². The molecule has 0 aliphatic rings. The standard InChI is InChI=1S/4C7H6O2.C2H4/c4*8-7(9)6-4-2-1-3-5-6;1-2/h4*1-5H,(H,8,9);1-2H2. The molecule has 4 aromatic rings. The Balaban J connectivity index is 0.000000470. The van der Waals surface area contributed by atoms with Crippen molar-refractivity contribution in [3.8, 4) is 0 Å². The molecule has 4 N–H and O–H groups in total. The summed E-state index contributed by atoms with van der Waals surface area (Å²) in [7, 11) is 0. The number of hydrogen-bond acceptors (Lipinski definition) is 4. The van der Waals surface area contributed by atoms with Gasteiger partial charge in [0, 0.05) is 0 Å². The number of carboxylic acids is 4. The second-order valence-corrected chi connectivity index (χ2v) is 6.68. The van der Waals surface area contributed by atoms with Crippen molar-refractivity contribution in [2.45, 2.75) is 0 Å². The van der Waals surface area contributed by atoms with Crippen molar-refractivity contribution in [3.05, 3.63) is 157 Å². The molecule has 0 bridgehead atoms. The minimum Gasteiger partial charge on any atom is -0.478 e. The van der Waals surface area contributed by atoms with Gasteiger partial charge in [-0.3, -0.25) is 0 Å². The highest BCUT2D eigenvalue weighted by Gasteiger charge is 1.98. The van der Waals surface area contributed by atoms with E-state index in [1.54, 1.807) is 121 Å². The summed E-state index contributed by atoms with van der Waals surface area (Å²) in [5, 5.41) is 33.5. The Hall–Kier alpha value is -5.50. The fraction of sp³-hybridized carbons (Fsp3) is 0. The molecule has 0 saturated carbocycles. The molecule has 4 rings (SSSR count). The Bertz CT molecular complexity index is 1030. The monoisotopic (exact) mass is 516 g/mol. The second-order valence-electron chi connectivity index (χ2n) is 6.68. The molecule has 0 amide bonds. The predicted octanol–water partition coefficient (Wildman–Crippen LogP) is 6.34. The Morgan fingerprint density at radius 3 is 0.553 bits per heavy atom. The van der Waals surface area contributed by atoms with Gasteiger partial charge in [-0.1, -0.05) is 72.8 Å². The van der Waals surface area contributed by atoms with E-state index >= 15 is 0 Å². The molecule has 196 valence electrons. The van der Waals surface area contributed by atoms with Crippen LogP contribution < -0.4 is 0 Å². The molecule has 0 heterocycles. The zero-order valence-electron chi connectivity index (χ0n) is 20.4. The minimum atomic E-state index is -0.879. The van der Waals surface area contributed by atoms with Gasteiger partial charge < -0.3 is 20.4 Å². The van der Waals surface area contributed by atoms with E-state index < -0.39 is 23.9 Å². The van der Waals surface area contributed by atoms with Gasteiger partial charge >= 0.3 is 23.9 Å². The average Bonchev–Trinajstić information content (AvgIpc) is 2.97. The summed E-state index contributed by atoms with van der Waals surface area (Å²) in [6.45, 7) is 6.00. The molecule has 0 unspecified atom stereocenters. The molecule has 0 aliphatic heterocycles. The molecule has 0 atom stereocenters. The molecular formula is C30H28O8. The number of rotatable bonds is 4. The Kier molecular flexibility index (Phi) is 16.9. The van der Waals surface area contributed by atoms with E-state index in [4.69, 9.17) is 20.4 Å². The first kappa shape index (κ1) is 32.5. The van der Waals surface area contributed by atoms with Gasteiger partial charge in [0.2, 0.25) is 0 Å². The quantitative estimate of drug-likeness (QED) is 0.230. The number of hydrogen-bond donors (Lipinski definition) is 4. The van der Waals surface area contributed by atoms with E-state index in [0.717, 1.165) is 0 Å². The Morgan fingerprint density at radius 2 is 0.474 bits per heavy atom. The van der Waals surface area contributed by atoms with Gasteiger partial charge in [-0.2, -0.15) is 0 Å². The van der Waals surface area contributed by atoms with Crippen LogP contribution in [0.4, 0.5) is 0 Å². The van der Waals surface area contributed by atoms with Gasteiger partial charge in [-0.05, 0) is 48.5 Å². The van der Waals surface area contributed by atoms with Crippen LogP contribution in [0, 0.1) is 0 Å². The lowest BCUT2D eigenvalue weighted by Gasteiger charge is -1.88. The molecule has 0 fully saturated rings. The summed E-state index contributed by atoms with van der Waals surface area (Å²) in [4.78, 5) is 40.8. The van der Waals surface area contributed by atoms with Crippen LogP contribution in [-0.2, 0) is 0 Å². The van der Waals surface area contributed by atoms with Crippen molar-refractivity contribution in [2.75, 3.05) is 0 Å². The molecule has 8 nitrogen and oxygen atoms in total. The van der Waals surface area contributed by atoms with Crippen LogP contribution in [0.25, 0.3) is 0 Å². The summed E-state index contributed by atoms with van der Waals surface area (Å²) in [5.74, 6) is -3.52. The third-order valence-corrected chi connectivity index (χ3v) is 4.08. The first-order valence-corrected chi connectivity index (χ1v) is 10.9. The average molecular weight is 517 g/mol. The fourth-order valence-corrected chi connectivity index (χ4v) is 2.32. The van der Waals surface area contributed by atoms with Gasteiger partial charge in [-0.15, -0.1) is 13.2 Å². The van der Waals surface area contributed by atoms with Crippen molar-refractivity contribution in [1.82, 2.24) is 0 Å². The molecule has 0 saturated heterocycles. The number of aromatic carboxylic acids is 4. The van der Waals surface area contributed by atoms with Crippen LogP contribution >= 0.6 is 0 Å². The second kappa shape index (κ2) is 19.8. The van der Waals surface area contributed by atoms with Crippen molar-refractivity contribution in [3.63, 3.8) is 0 Å². The maximum atomic E-state index is 10.2. The normalized spacial score (nSPS) is 8.53. The van der Waals surface area contributed by atoms with E-state index in [0.29, 0.717) is 22.3 Å². The van der Waals surface area contributed by atoms with Crippen LogP contribution in [0.5, 0.6) is 0 Å². The zero-order valence-corrected chi connectivity index (χ0v) is 20.4. The van der Waals surface area contributed by atoms with E-state index in [9.17, 15) is 19.2 Å². The molecule has 0 spiro atoms. The van der Waals surface area contributed by atoms with E-state index in [-0.39, 0.29) is 0 Å². The van der Waals surface area contributed by atoms with Gasteiger partial charge in [0.05, 0.1) is 22.3 Å². The van der Waals surface area contributed by atoms with Crippen LogP contribution in [0.1, 0.15) is 41.4 Å². The predicted molar refractivity (Wildman–Crippen MR) is 145 cm³/mol. The molecule has 4 aromatic carbocycles. The van der Waals surface area contributed by atoms with Crippen LogP contribution in [-0.4, -0.2) is 44.3 Å². The third-order valence-electron chi connectivity index (χ3n) is 4.08. The molecule has 0 aromatic heterocycles. The topological polar surface area (TPSA) is 149 Å². The zero-order chi connectivity index (χ0) is 28.8. The summed E-state index contributed by atoms with van der Waals surface area (Å²) in [5.41, 5.74) is 1.32. The summed E-state index contributed by atoms with van der Waals surface area (Å²) < 4.78 is 0. The molecule has 0 radical (unpaired) electrons. The van der Waals surface area contributed by atoms with Crippen molar-refractivity contribution in [1.29, 1.82) is 0 Å². The SMILES string of the molecule is C=C.O=C(O)c1ccccc1.O=C(O)c1ccccc1.O=C(O)c1ccccc1.O=C(O)c1ccccc1. The lowest BCUT2D eigenvalue weighted by molar-refractivity contribution is 0.0686. The number of carbonyl (C=O) groups is 4. The first-order valence-electron chi connectivity index (χ1n) is 10.9. The largest absolute Gasteiger partial charge is 0.478 e. The number of benzene rings is 4. The lowest BCUT2D eigenvalue weighted by atomic mass is 10.2. The van der Waals surface area contributed by atoms with E-state index in [1.807, 2.05) is 0 Å². The summed E-state index contributed by atoms with van der Waals surface area (Å²) in [6, 6.07) is 33.2. The summed E-state index contributed by atoms with van der Waals surface area (Å²) in [6.07, 6.45) is 0.